The number of aromatic nitrogens is 2. The fourth-order valence-corrected chi connectivity index (χ4v) is 3.57. The normalized spacial score (nSPS) is 11.3. The van der Waals surface area contributed by atoms with Gasteiger partial charge in [-0.3, -0.25) is 4.68 Å². The Balaban J connectivity index is 2.06. The van der Waals surface area contributed by atoms with Crippen LogP contribution in [0, 0.1) is 6.92 Å². The highest BCUT2D eigenvalue weighted by Crippen LogP contribution is 2.31. The fraction of sp³-hybridized carbons (Fsp3) is 0.267. The zero-order valence-electron chi connectivity index (χ0n) is 11.2. The first kappa shape index (κ1) is 12.4. The molecule has 0 aliphatic heterocycles. The van der Waals surface area contributed by atoms with Gasteiger partial charge in [-0.25, -0.2) is 0 Å². The predicted molar refractivity (Wildman–Crippen MR) is 80.7 cm³/mol. The van der Waals surface area contributed by atoms with Crippen LogP contribution in [-0.2, 0) is 13.1 Å². The molecule has 0 saturated carbocycles. The van der Waals surface area contributed by atoms with E-state index in [1.54, 1.807) is 0 Å². The molecule has 4 heteroatoms. The lowest BCUT2D eigenvalue weighted by molar-refractivity contribution is 0.676. The van der Waals surface area contributed by atoms with Gasteiger partial charge in [0.1, 0.15) is 0 Å². The summed E-state index contributed by atoms with van der Waals surface area (Å²) < 4.78 is 3.37. The van der Waals surface area contributed by atoms with Crippen molar-refractivity contribution in [2.75, 3.05) is 7.05 Å². The van der Waals surface area contributed by atoms with E-state index in [1.807, 2.05) is 42.3 Å². The number of aryl methyl sites for hydroxylation is 1. The van der Waals surface area contributed by atoms with E-state index in [-0.39, 0.29) is 0 Å². The topological polar surface area (TPSA) is 29.9 Å². The molecule has 0 bridgehead atoms. The summed E-state index contributed by atoms with van der Waals surface area (Å²) in [7, 11) is 1.99. The Morgan fingerprint density at radius 1 is 1.26 bits per heavy atom. The monoisotopic (exact) mass is 271 g/mol. The smallest absolute Gasteiger partial charge is 0.0676 e. The second kappa shape index (κ2) is 5.15. The molecule has 3 aromatic rings. The van der Waals surface area contributed by atoms with Gasteiger partial charge >= 0.3 is 0 Å². The van der Waals surface area contributed by atoms with Gasteiger partial charge in [0.2, 0.25) is 0 Å². The number of hydrogen-bond acceptors (Lipinski definition) is 3. The van der Waals surface area contributed by atoms with Crippen LogP contribution in [0.25, 0.3) is 10.1 Å². The number of thiophene rings is 1. The second-order valence-electron chi connectivity index (χ2n) is 4.68. The molecule has 0 amide bonds. The van der Waals surface area contributed by atoms with Crippen LogP contribution in [-0.4, -0.2) is 16.8 Å². The second-order valence-corrected chi connectivity index (χ2v) is 5.82. The number of fused-ring (bicyclic) bond motifs is 1. The highest BCUT2D eigenvalue weighted by atomic mass is 32.1. The van der Waals surface area contributed by atoms with E-state index in [9.17, 15) is 0 Å². The van der Waals surface area contributed by atoms with Gasteiger partial charge in [0.15, 0.2) is 0 Å². The van der Waals surface area contributed by atoms with Crippen LogP contribution in [0.3, 0.4) is 0 Å². The first-order valence-corrected chi connectivity index (χ1v) is 7.23. The first-order valence-electron chi connectivity index (χ1n) is 6.42. The number of hydrogen-bond donors (Lipinski definition) is 1. The fourth-order valence-electron chi connectivity index (χ4n) is 2.34. The van der Waals surface area contributed by atoms with Gasteiger partial charge in [-0.15, -0.1) is 11.3 Å². The predicted octanol–water partition coefficient (Wildman–Crippen LogP) is 3.17. The van der Waals surface area contributed by atoms with Crippen LogP contribution in [0.1, 0.15) is 16.1 Å². The van der Waals surface area contributed by atoms with E-state index in [0.717, 1.165) is 18.8 Å². The molecule has 98 valence electrons. The molecule has 3 nitrogen and oxygen atoms in total. The summed E-state index contributed by atoms with van der Waals surface area (Å²) in [5.41, 5.74) is 2.45. The lowest BCUT2D eigenvalue weighted by Crippen LogP contribution is -2.08. The molecule has 2 heterocycles. The maximum Gasteiger partial charge on any atom is 0.0676 e. The van der Waals surface area contributed by atoms with Crippen LogP contribution in [0.2, 0.25) is 0 Å². The van der Waals surface area contributed by atoms with Crippen molar-refractivity contribution in [1.82, 2.24) is 15.1 Å². The Morgan fingerprint density at radius 3 is 2.84 bits per heavy atom. The van der Waals surface area contributed by atoms with Crippen LogP contribution in [0.5, 0.6) is 0 Å². The summed E-state index contributed by atoms with van der Waals surface area (Å²) in [6.07, 6.45) is 2.05. The summed E-state index contributed by atoms with van der Waals surface area (Å²) >= 11 is 1.87. The van der Waals surface area contributed by atoms with Crippen molar-refractivity contribution in [3.63, 3.8) is 0 Å². The molecule has 0 unspecified atom stereocenters. The summed E-state index contributed by atoms with van der Waals surface area (Å²) in [6.45, 7) is 3.78. The number of nitrogens with zero attached hydrogens (tertiary/aromatic N) is 2. The third-order valence-corrected chi connectivity index (χ3v) is 4.43. The Morgan fingerprint density at radius 2 is 2.11 bits per heavy atom. The van der Waals surface area contributed by atoms with Gasteiger partial charge in [0.05, 0.1) is 12.2 Å². The van der Waals surface area contributed by atoms with Crippen LogP contribution < -0.4 is 5.32 Å². The summed E-state index contributed by atoms with van der Waals surface area (Å²) in [4.78, 5) is 1.40. The van der Waals surface area contributed by atoms with E-state index >= 15 is 0 Å². The van der Waals surface area contributed by atoms with Crippen LogP contribution >= 0.6 is 11.3 Å². The molecule has 19 heavy (non-hydrogen) atoms. The molecule has 0 fully saturated rings. The minimum atomic E-state index is 0.842. The standard InChI is InChI=1S/C15H17N3S/c1-11-7-8-18(17-11)10-13-12-5-3-4-6-14(12)19-15(13)9-16-2/h3-8,16H,9-10H2,1-2H3. The average Bonchev–Trinajstić information content (AvgIpc) is 2.96. The van der Waals surface area contributed by atoms with Crippen LogP contribution in [0.4, 0.5) is 0 Å². The number of rotatable bonds is 4. The quantitative estimate of drug-likeness (QED) is 0.790. The van der Waals surface area contributed by atoms with Crippen molar-refractivity contribution in [3.8, 4) is 0 Å². The molecule has 0 radical (unpaired) electrons. The van der Waals surface area contributed by atoms with Crippen LogP contribution in [0.15, 0.2) is 36.5 Å². The third-order valence-electron chi connectivity index (χ3n) is 3.21. The number of benzene rings is 1. The molecule has 0 aliphatic rings. The highest BCUT2D eigenvalue weighted by molar-refractivity contribution is 7.19. The zero-order chi connectivity index (χ0) is 13.2. The van der Waals surface area contributed by atoms with E-state index in [4.69, 9.17) is 0 Å². The maximum absolute atomic E-state index is 4.49. The minimum Gasteiger partial charge on any atom is -0.315 e. The summed E-state index contributed by atoms with van der Waals surface area (Å²) in [5, 5.41) is 9.10. The van der Waals surface area contributed by atoms with E-state index in [1.165, 1.54) is 20.5 Å². The van der Waals surface area contributed by atoms with Crippen molar-refractivity contribution in [2.45, 2.75) is 20.0 Å². The lowest BCUT2D eigenvalue weighted by atomic mass is 10.1. The Kier molecular flexibility index (Phi) is 3.36. The van der Waals surface area contributed by atoms with Gasteiger partial charge in [0, 0.05) is 22.3 Å². The zero-order valence-corrected chi connectivity index (χ0v) is 12.0. The van der Waals surface area contributed by atoms with Gasteiger partial charge in [-0.2, -0.15) is 5.10 Å². The molecule has 0 atom stereocenters. The van der Waals surface area contributed by atoms with Gasteiger partial charge in [-0.05, 0) is 37.1 Å². The molecular formula is C15H17N3S. The van der Waals surface area contributed by atoms with Gasteiger partial charge < -0.3 is 5.32 Å². The third kappa shape index (κ3) is 2.41. The molecule has 2 aromatic heterocycles. The molecule has 0 aliphatic carbocycles. The van der Waals surface area contributed by atoms with Crippen molar-refractivity contribution in [3.05, 3.63) is 52.7 Å². The van der Waals surface area contributed by atoms with Crippen molar-refractivity contribution in [2.24, 2.45) is 0 Å². The summed E-state index contributed by atoms with van der Waals surface area (Å²) in [5.74, 6) is 0. The average molecular weight is 271 g/mol. The SMILES string of the molecule is CNCc1sc2ccccc2c1Cn1ccc(C)n1. The van der Waals surface area contributed by atoms with Gasteiger partial charge in [-0.1, -0.05) is 18.2 Å². The van der Waals surface area contributed by atoms with E-state index in [2.05, 4.69) is 34.7 Å². The number of nitrogens with one attached hydrogen (secondary N) is 1. The molecular weight excluding hydrogens is 254 g/mol. The van der Waals surface area contributed by atoms with Crippen molar-refractivity contribution < 1.29 is 0 Å². The molecule has 3 rings (SSSR count). The summed E-state index contributed by atoms with van der Waals surface area (Å²) in [6, 6.07) is 10.7. The minimum absolute atomic E-state index is 0.842. The van der Waals surface area contributed by atoms with E-state index < -0.39 is 0 Å². The van der Waals surface area contributed by atoms with Gasteiger partial charge in [0.25, 0.3) is 0 Å². The molecule has 0 spiro atoms. The lowest BCUT2D eigenvalue weighted by Gasteiger charge is -2.05. The highest BCUT2D eigenvalue weighted by Gasteiger charge is 2.12. The Hall–Kier alpha value is -1.65. The maximum atomic E-state index is 4.49. The molecule has 1 N–H and O–H groups in total. The molecule has 0 saturated heterocycles. The van der Waals surface area contributed by atoms with E-state index in [0.29, 0.717) is 0 Å². The van der Waals surface area contributed by atoms with Crippen molar-refractivity contribution in [1.29, 1.82) is 0 Å². The largest absolute Gasteiger partial charge is 0.315 e. The first-order chi connectivity index (χ1) is 9.28. The van der Waals surface area contributed by atoms with Crippen molar-refractivity contribution >= 4 is 21.4 Å². The Labute approximate surface area is 116 Å². The Bertz CT molecular complexity index is 696. The molecule has 1 aromatic carbocycles.